The summed E-state index contributed by atoms with van der Waals surface area (Å²) in [5.74, 6) is 0.810. The van der Waals surface area contributed by atoms with E-state index in [1.165, 1.54) is 6.33 Å². The topological polar surface area (TPSA) is 91.4 Å². The van der Waals surface area contributed by atoms with E-state index < -0.39 is 5.54 Å². The second-order valence-corrected chi connectivity index (χ2v) is 8.04. The Morgan fingerprint density at radius 2 is 2.09 bits per heavy atom. The number of rotatable bonds is 7. The first kappa shape index (κ1) is 21.9. The van der Waals surface area contributed by atoms with Gasteiger partial charge in [-0.2, -0.15) is 0 Å². The third-order valence-corrected chi connectivity index (χ3v) is 6.11. The molecule has 0 saturated carbocycles. The van der Waals surface area contributed by atoms with Crippen LogP contribution in [0.15, 0.2) is 36.7 Å². The number of fused-ring (bicyclic) bond motifs is 1. The summed E-state index contributed by atoms with van der Waals surface area (Å²) < 4.78 is 20.2. The lowest BCUT2D eigenvalue weighted by Gasteiger charge is -2.47. The summed E-state index contributed by atoms with van der Waals surface area (Å²) in [7, 11) is 5.17. The van der Waals surface area contributed by atoms with Crippen LogP contribution in [0.4, 0.5) is 15.9 Å². The van der Waals surface area contributed by atoms with E-state index in [0.717, 1.165) is 10.9 Å². The van der Waals surface area contributed by atoms with Crippen LogP contribution in [0.25, 0.3) is 10.9 Å². The largest absolute Gasteiger partial charge is 0.496 e. The van der Waals surface area contributed by atoms with E-state index in [2.05, 4.69) is 25.9 Å². The number of methoxy groups -OCH3 is 1. The molecule has 9 heteroatoms. The number of anilines is 2. The fourth-order valence-corrected chi connectivity index (χ4v) is 4.02. The van der Waals surface area contributed by atoms with Gasteiger partial charge in [0.25, 0.3) is 0 Å². The monoisotopic (exact) mass is 438 g/mol. The van der Waals surface area contributed by atoms with Gasteiger partial charge in [0, 0.05) is 43.7 Å². The molecule has 1 aliphatic rings. The third kappa shape index (κ3) is 3.74. The highest BCUT2D eigenvalue weighted by molar-refractivity contribution is 5.92. The van der Waals surface area contributed by atoms with Crippen LogP contribution < -0.4 is 20.7 Å². The summed E-state index contributed by atoms with van der Waals surface area (Å²) in [4.78, 5) is 23.3. The maximum atomic E-state index is 14.6. The normalized spacial score (nSPS) is 14.8. The van der Waals surface area contributed by atoms with Crippen LogP contribution in [-0.2, 0) is 11.3 Å². The van der Waals surface area contributed by atoms with Crippen LogP contribution in [0.5, 0.6) is 5.75 Å². The number of carbonyl (C=O) groups excluding carboxylic acids is 1. The van der Waals surface area contributed by atoms with Crippen molar-refractivity contribution in [2.24, 2.45) is 0 Å². The van der Waals surface area contributed by atoms with E-state index in [0.29, 0.717) is 48.0 Å². The third-order valence-electron chi connectivity index (χ3n) is 6.11. The first-order chi connectivity index (χ1) is 15.4. The first-order valence-corrected chi connectivity index (χ1v) is 10.4. The van der Waals surface area contributed by atoms with Gasteiger partial charge in [-0.25, -0.2) is 14.4 Å². The fourth-order valence-electron chi connectivity index (χ4n) is 4.02. The number of nitrogens with one attached hydrogen (secondary N) is 3. The van der Waals surface area contributed by atoms with Crippen LogP contribution in [0.1, 0.15) is 11.1 Å². The minimum atomic E-state index is -0.617. The van der Waals surface area contributed by atoms with Gasteiger partial charge in [-0.15, -0.1) is 0 Å². The van der Waals surface area contributed by atoms with Crippen molar-refractivity contribution in [3.8, 4) is 5.75 Å². The van der Waals surface area contributed by atoms with Crippen LogP contribution >= 0.6 is 0 Å². The molecule has 3 aromatic rings. The van der Waals surface area contributed by atoms with Gasteiger partial charge in [-0.3, -0.25) is 9.69 Å². The fraction of sp³-hybridized carbons (Fsp3) is 0.348. The lowest BCUT2D eigenvalue weighted by Crippen LogP contribution is -2.74. The molecule has 2 heterocycles. The number of aromatic nitrogens is 2. The minimum Gasteiger partial charge on any atom is -0.496 e. The molecule has 8 nitrogen and oxygen atoms in total. The molecule has 2 aromatic carbocycles. The number of nitrogens with zero attached hydrogens (tertiary/aromatic N) is 3. The zero-order chi connectivity index (χ0) is 22.9. The predicted octanol–water partition coefficient (Wildman–Crippen LogP) is 2.35. The number of likely N-dealkylation sites (N-methyl/N-ethyl adjacent to an activating group) is 2. The van der Waals surface area contributed by atoms with Gasteiger partial charge < -0.3 is 20.7 Å². The van der Waals surface area contributed by atoms with Crippen molar-refractivity contribution in [2.75, 3.05) is 39.6 Å². The molecule has 1 amide bonds. The molecule has 0 aliphatic carbocycles. The maximum Gasteiger partial charge on any atom is 0.242 e. The van der Waals surface area contributed by atoms with Crippen molar-refractivity contribution < 1.29 is 13.9 Å². The van der Waals surface area contributed by atoms with Gasteiger partial charge in [-0.1, -0.05) is 12.1 Å². The lowest BCUT2D eigenvalue weighted by molar-refractivity contribution is -0.136. The number of amides is 1. The molecule has 4 rings (SSSR count). The Hall–Kier alpha value is -3.30. The molecule has 3 N–H and O–H groups in total. The van der Waals surface area contributed by atoms with Crippen molar-refractivity contribution in [1.29, 1.82) is 0 Å². The van der Waals surface area contributed by atoms with Crippen molar-refractivity contribution in [2.45, 2.75) is 19.0 Å². The Morgan fingerprint density at radius 3 is 2.75 bits per heavy atom. The summed E-state index contributed by atoms with van der Waals surface area (Å²) in [6.45, 7) is 3.33. The number of carbonyl (C=O) groups is 1. The molecule has 32 heavy (non-hydrogen) atoms. The zero-order valence-electron chi connectivity index (χ0n) is 18.6. The average molecular weight is 439 g/mol. The van der Waals surface area contributed by atoms with Gasteiger partial charge in [-0.05, 0) is 31.7 Å². The van der Waals surface area contributed by atoms with Crippen molar-refractivity contribution in [3.63, 3.8) is 0 Å². The highest BCUT2D eigenvalue weighted by Crippen LogP contribution is 2.32. The standard InChI is InChI=1S/C23H27FN6O2/c1-14-6-5-7-17(20(14)24)29-21-16-8-15(19(32-4)9-18(16)27-13-28-21)10-30(3)23(11-26-12-23)22(31)25-2/h5-9,13,26H,10-12H2,1-4H3,(H,25,31)(H,27,28,29). The molecule has 0 atom stereocenters. The summed E-state index contributed by atoms with van der Waals surface area (Å²) >= 11 is 0. The summed E-state index contributed by atoms with van der Waals surface area (Å²) in [6, 6.07) is 8.95. The molecular weight excluding hydrogens is 411 g/mol. The van der Waals surface area contributed by atoms with Crippen molar-refractivity contribution >= 4 is 28.3 Å². The van der Waals surface area contributed by atoms with Crippen LogP contribution in [-0.4, -0.2) is 60.6 Å². The van der Waals surface area contributed by atoms with Gasteiger partial charge in [0.05, 0.1) is 18.3 Å². The second-order valence-electron chi connectivity index (χ2n) is 8.04. The quantitative estimate of drug-likeness (QED) is 0.522. The van der Waals surface area contributed by atoms with E-state index >= 15 is 0 Å². The van der Waals surface area contributed by atoms with Crippen LogP contribution in [0.3, 0.4) is 0 Å². The van der Waals surface area contributed by atoms with Gasteiger partial charge in [0.1, 0.15) is 29.3 Å². The van der Waals surface area contributed by atoms with E-state index in [1.54, 1.807) is 39.3 Å². The van der Waals surface area contributed by atoms with E-state index in [4.69, 9.17) is 4.74 Å². The summed E-state index contributed by atoms with van der Waals surface area (Å²) in [6.07, 6.45) is 1.43. The molecule has 0 spiro atoms. The number of aryl methyl sites for hydroxylation is 1. The number of halogens is 1. The lowest BCUT2D eigenvalue weighted by atomic mass is 9.88. The number of ether oxygens (including phenoxy) is 1. The maximum absolute atomic E-state index is 14.6. The van der Waals surface area contributed by atoms with E-state index in [1.807, 2.05) is 24.1 Å². The number of hydrogen-bond acceptors (Lipinski definition) is 7. The smallest absolute Gasteiger partial charge is 0.242 e. The Morgan fingerprint density at radius 1 is 1.31 bits per heavy atom. The molecule has 0 bridgehead atoms. The van der Waals surface area contributed by atoms with Crippen molar-refractivity contribution in [3.05, 3.63) is 53.6 Å². The molecular formula is C23H27FN6O2. The Bertz CT molecular complexity index is 1160. The van der Waals surface area contributed by atoms with Crippen molar-refractivity contribution in [1.82, 2.24) is 25.5 Å². The molecule has 1 fully saturated rings. The summed E-state index contributed by atoms with van der Waals surface area (Å²) in [5, 5.41) is 9.78. The molecule has 1 aromatic heterocycles. The molecule has 0 radical (unpaired) electrons. The van der Waals surface area contributed by atoms with Crippen LogP contribution in [0.2, 0.25) is 0 Å². The predicted molar refractivity (Wildman–Crippen MR) is 122 cm³/mol. The van der Waals surface area contributed by atoms with Gasteiger partial charge >= 0.3 is 0 Å². The van der Waals surface area contributed by atoms with Crippen LogP contribution in [0, 0.1) is 12.7 Å². The second kappa shape index (κ2) is 8.68. The Balaban J connectivity index is 1.72. The molecule has 0 unspecified atom stereocenters. The van der Waals surface area contributed by atoms with Gasteiger partial charge in [0.15, 0.2) is 0 Å². The summed E-state index contributed by atoms with van der Waals surface area (Å²) in [5.41, 5.74) is 1.82. The molecule has 1 saturated heterocycles. The molecule has 1 aliphatic heterocycles. The zero-order valence-corrected chi connectivity index (χ0v) is 18.6. The van der Waals surface area contributed by atoms with Gasteiger partial charge in [0.2, 0.25) is 5.91 Å². The SMILES string of the molecule is CNC(=O)C1(N(C)Cc2cc3c(Nc4cccc(C)c4F)ncnc3cc2OC)CNC1. The number of benzene rings is 2. The highest BCUT2D eigenvalue weighted by atomic mass is 19.1. The van der Waals surface area contributed by atoms with E-state index in [-0.39, 0.29) is 11.7 Å². The average Bonchev–Trinajstić information content (AvgIpc) is 2.75. The highest BCUT2D eigenvalue weighted by Gasteiger charge is 2.47. The Labute approximate surface area is 186 Å². The van der Waals surface area contributed by atoms with E-state index in [9.17, 15) is 9.18 Å². The number of hydrogen-bond donors (Lipinski definition) is 3. The first-order valence-electron chi connectivity index (χ1n) is 10.4. The minimum absolute atomic E-state index is 0.0286. The molecule has 168 valence electrons. The Kier molecular flexibility index (Phi) is 5.94.